The van der Waals surface area contributed by atoms with Gasteiger partial charge in [0, 0.05) is 33.2 Å². The van der Waals surface area contributed by atoms with Crippen molar-refractivity contribution in [2.75, 3.05) is 44.7 Å². The molecule has 0 bridgehead atoms. The summed E-state index contributed by atoms with van der Waals surface area (Å²) in [4.78, 5) is 24.6. The van der Waals surface area contributed by atoms with Crippen LogP contribution in [0.3, 0.4) is 0 Å². The summed E-state index contributed by atoms with van der Waals surface area (Å²) in [7, 11) is 1.90. The van der Waals surface area contributed by atoms with E-state index in [1.807, 2.05) is 28.3 Å². The third-order valence-electron chi connectivity index (χ3n) is 3.43. The topological polar surface area (TPSA) is 61.4 Å². The highest BCUT2D eigenvalue weighted by atomic mass is 32.1. The van der Waals surface area contributed by atoms with Crippen molar-refractivity contribution in [2.45, 2.75) is 0 Å². The number of piperazine rings is 1. The van der Waals surface area contributed by atoms with E-state index in [2.05, 4.69) is 15.3 Å². The summed E-state index contributed by atoms with van der Waals surface area (Å²) in [6, 6.07) is 1.97. The molecular formula is C13H17N5OS. The average Bonchev–Trinajstić information content (AvgIpc) is 2.96. The smallest absolute Gasteiger partial charge is 0.242 e. The summed E-state index contributed by atoms with van der Waals surface area (Å²) in [5.41, 5.74) is 0.932. The summed E-state index contributed by atoms with van der Waals surface area (Å²) in [6.45, 7) is 3.66. The second-order valence-electron chi connectivity index (χ2n) is 4.82. The van der Waals surface area contributed by atoms with Gasteiger partial charge in [0.05, 0.1) is 16.8 Å². The molecule has 106 valence electrons. The number of fused-ring (bicyclic) bond motifs is 1. The maximum absolute atomic E-state index is 12.3. The molecule has 3 rings (SSSR count). The van der Waals surface area contributed by atoms with Crippen molar-refractivity contribution in [3.05, 3.63) is 17.8 Å². The number of likely N-dealkylation sites (N-methyl/N-ethyl adjacent to an activating group) is 1. The van der Waals surface area contributed by atoms with Gasteiger partial charge in [-0.25, -0.2) is 9.97 Å². The Balaban J connectivity index is 1.73. The highest BCUT2D eigenvalue weighted by Gasteiger charge is 2.19. The van der Waals surface area contributed by atoms with Gasteiger partial charge in [-0.15, -0.1) is 11.3 Å². The van der Waals surface area contributed by atoms with Crippen LogP contribution in [0, 0.1) is 0 Å². The Labute approximate surface area is 121 Å². The maximum Gasteiger partial charge on any atom is 0.242 e. The highest BCUT2D eigenvalue weighted by molar-refractivity contribution is 7.17. The molecule has 0 radical (unpaired) electrons. The monoisotopic (exact) mass is 291 g/mol. The van der Waals surface area contributed by atoms with Crippen LogP contribution in [0.25, 0.3) is 10.2 Å². The van der Waals surface area contributed by atoms with Crippen LogP contribution < -0.4 is 10.2 Å². The number of carbonyl (C=O) groups is 1. The van der Waals surface area contributed by atoms with Crippen molar-refractivity contribution in [3.8, 4) is 0 Å². The van der Waals surface area contributed by atoms with Crippen LogP contribution >= 0.6 is 11.3 Å². The largest absolute Gasteiger partial charge is 0.349 e. The fourth-order valence-corrected chi connectivity index (χ4v) is 3.23. The molecule has 0 atom stereocenters. The first-order valence-corrected chi connectivity index (χ1v) is 7.51. The van der Waals surface area contributed by atoms with Crippen LogP contribution in [-0.4, -0.2) is 60.5 Å². The Morgan fingerprint density at radius 3 is 3.05 bits per heavy atom. The number of hydrogen-bond acceptors (Lipinski definition) is 6. The molecule has 0 spiro atoms. The van der Waals surface area contributed by atoms with Crippen LogP contribution in [0.1, 0.15) is 0 Å². The van der Waals surface area contributed by atoms with Gasteiger partial charge in [-0.1, -0.05) is 0 Å². The van der Waals surface area contributed by atoms with Crippen molar-refractivity contribution < 1.29 is 4.79 Å². The third-order valence-corrected chi connectivity index (χ3v) is 4.33. The van der Waals surface area contributed by atoms with Gasteiger partial charge in [0.25, 0.3) is 0 Å². The van der Waals surface area contributed by atoms with Gasteiger partial charge in [-0.3, -0.25) is 4.79 Å². The zero-order chi connectivity index (χ0) is 13.9. The molecule has 0 saturated carbocycles. The van der Waals surface area contributed by atoms with Gasteiger partial charge >= 0.3 is 0 Å². The van der Waals surface area contributed by atoms with Gasteiger partial charge in [-0.05, 0) is 11.4 Å². The minimum Gasteiger partial charge on any atom is -0.349 e. The molecule has 0 aliphatic carbocycles. The number of hydrogen-bond donors (Lipinski definition) is 1. The molecule has 1 aliphatic heterocycles. The Hall–Kier alpha value is -1.73. The number of aromatic nitrogens is 2. The quantitative estimate of drug-likeness (QED) is 0.895. The molecule has 0 aromatic carbocycles. The first-order chi connectivity index (χ1) is 9.75. The second kappa shape index (κ2) is 5.72. The van der Waals surface area contributed by atoms with Gasteiger partial charge in [0.2, 0.25) is 5.91 Å². The van der Waals surface area contributed by atoms with Crippen LogP contribution in [-0.2, 0) is 4.79 Å². The van der Waals surface area contributed by atoms with E-state index in [0.717, 1.165) is 42.2 Å². The molecule has 20 heavy (non-hydrogen) atoms. The summed E-state index contributed by atoms with van der Waals surface area (Å²) in [5.74, 6) is 0.978. The third kappa shape index (κ3) is 2.59. The van der Waals surface area contributed by atoms with Crippen molar-refractivity contribution in [1.29, 1.82) is 0 Å². The molecule has 1 saturated heterocycles. The van der Waals surface area contributed by atoms with Gasteiger partial charge in [0.1, 0.15) is 12.1 Å². The van der Waals surface area contributed by atoms with E-state index < -0.39 is 0 Å². The van der Waals surface area contributed by atoms with Crippen molar-refractivity contribution >= 4 is 33.3 Å². The minimum absolute atomic E-state index is 0.150. The number of thiophene rings is 1. The molecule has 3 heterocycles. The lowest BCUT2D eigenvalue weighted by molar-refractivity contribution is -0.130. The Kier molecular flexibility index (Phi) is 3.79. The molecule has 2 aromatic heterocycles. The van der Waals surface area contributed by atoms with Crippen LogP contribution in [0.2, 0.25) is 0 Å². The summed E-state index contributed by atoms with van der Waals surface area (Å²) in [6.07, 6.45) is 1.55. The van der Waals surface area contributed by atoms with E-state index >= 15 is 0 Å². The summed E-state index contributed by atoms with van der Waals surface area (Å²) < 4.78 is 1.03. The SMILES string of the molecule is CN(CC(=O)N1CCNCC1)c1ncnc2ccsc12. The summed E-state index contributed by atoms with van der Waals surface area (Å²) >= 11 is 1.60. The molecule has 1 amide bonds. The standard InChI is InChI=1S/C13H17N5OS/c1-17(8-11(19)18-5-3-14-4-6-18)13-12-10(2-7-20-12)15-9-16-13/h2,7,9,14H,3-6,8H2,1H3. The predicted molar refractivity (Wildman–Crippen MR) is 80.1 cm³/mol. The molecule has 7 heteroatoms. The molecule has 2 aromatic rings. The number of rotatable bonds is 3. The van der Waals surface area contributed by atoms with E-state index in [-0.39, 0.29) is 5.91 Å². The van der Waals surface area contributed by atoms with E-state index in [0.29, 0.717) is 6.54 Å². The molecule has 0 unspecified atom stereocenters. The number of amides is 1. The van der Waals surface area contributed by atoms with E-state index in [1.54, 1.807) is 17.7 Å². The lowest BCUT2D eigenvalue weighted by Crippen LogP contribution is -2.49. The van der Waals surface area contributed by atoms with E-state index in [4.69, 9.17) is 0 Å². The summed E-state index contributed by atoms with van der Waals surface area (Å²) in [5, 5.41) is 5.24. The first-order valence-electron chi connectivity index (χ1n) is 6.63. The predicted octanol–water partition coefficient (Wildman–Crippen LogP) is 0.559. The number of nitrogens with one attached hydrogen (secondary N) is 1. The molecule has 1 N–H and O–H groups in total. The normalized spacial score (nSPS) is 15.6. The Morgan fingerprint density at radius 2 is 2.25 bits per heavy atom. The molecule has 1 aliphatic rings. The Bertz CT molecular complexity index is 608. The van der Waals surface area contributed by atoms with Crippen molar-refractivity contribution in [2.24, 2.45) is 0 Å². The van der Waals surface area contributed by atoms with Gasteiger partial charge in [0.15, 0.2) is 0 Å². The van der Waals surface area contributed by atoms with Crippen molar-refractivity contribution in [1.82, 2.24) is 20.2 Å². The van der Waals surface area contributed by atoms with Crippen LogP contribution in [0.4, 0.5) is 5.82 Å². The van der Waals surface area contributed by atoms with Crippen molar-refractivity contribution in [3.63, 3.8) is 0 Å². The van der Waals surface area contributed by atoms with Crippen LogP contribution in [0.15, 0.2) is 17.8 Å². The van der Waals surface area contributed by atoms with E-state index in [1.165, 1.54) is 0 Å². The van der Waals surface area contributed by atoms with Crippen LogP contribution in [0.5, 0.6) is 0 Å². The lowest BCUT2D eigenvalue weighted by Gasteiger charge is -2.29. The fourth-order valence-electron chi connectivity index (χ4n) is 2.34. The van der Waals surface area contributed by atoms with Gasteiger partial charge in [-0.2, -0.15) is 0 Å². The Morgan fingerprint density at radius 1 is 1.45 bits per heavy atom. The highest BCUT2D eigenvalue weighted by Crippen LogP contribution is 2.26. The molecule has 1 fully saturated rings. The van der Waals surface area contributed by atoms with E-state index in [9.17, 15) is 4.79 Å². The fraction of sp³-hybridized carbons (Fsp3) is 0.462. The number of anilines is 1. The van der Waals surface area contributed by atoms with Gasteiger partial charge < -0.3 is 15.1 Å². The zero-order valence-corrected chi connectivity index (χ0v) is 12.2. The average molecular weight is 291 g/mol. The molecule has 6 nitrogen and oxygen atoms in total. The lowest BCUT2D eigenvalue weighted by atomic mass is 10.3. The maximum atomic E-state index is 12.3. The minimum atomic E-state index is 0.150. The molecular weight excluding hydrogens is 274 g/mol. The number of nitrogens with zero attached hydrogens (tertiary/aromatic N) is 4. The first kappa shape index (κ1) is 13.3. The number of carbonyl (C=O) groups excluding carboxylic acids is 1. The second-order valence-corrected chi connectivity index (χ2v) is 5.74. The zero-order valence-electron chi connectivity index (χ0n) is 11.4.